The number of carbonyl (C=O) groups excluding carboxylic acids is 1. The quantitative estimate of drug-likeness (QED) is 0.703. The lowest BCUT2D eigenvalue weighted by atomic mass is 9.91. The highest BCUT2D eigenvalue weighted by atomic mass is 16.2. The minimum absolute atomic E-state index is 0.118. The van der Waals surface area contributed by atoms with Gasteiger partial charge < -0.3 is 10.2 Å². The molecule has 2 heterocycles. The second-order valence-corrected chi connectivity index (χ2v) is 6.21. The molecular weight excluding hydrogens is 188 g/mol. The van der Waals surface area contributed by atoms with E-state index in [1.54, 1.807) is 0 Å². The molecule has 2 saturated heterocycles. The van der Waals surface area contributed by atoms with Crippen molar-refractivity contribution >= 4 is 5.91 Å². The van der Waals surface area contributed by atoms with E-state index in [1.165, 1.54) is 0 Å². The third-order valence-corrected chi connectivity index (χ3v) is 3.42. The third-order valence-electron chi connectivity index (χ3n) is 3.42. The number of fused-ring (bicyclic) bond motifs is 1. The summed E-state index contributed by atoms with van der Waals surface area (Å²) in [5.74, 6) is 1.78. The average Bonchev–Trinajstić information content (AvgIpc) is 2.56. The van der Waals surface area contributed by atoms with Gasteiger partial charge in [-0.2, -0.15) is 0 Å². The number of rotatable bonds is 1. The molecule has 0 spiro atoms. The Balaban J connectivity index is 1.88. The Morgan fingerprint density at radius 3 is 2.27 bits per heavy atom. The van der Waals surface area contributed by atoms with Crippen molar-refractivity contribution in [2.24, 2.45) is 17.3 Å². The summed E-state index contributed by atoms with van der Waals surface area (Å²) in [5, 5.41) is 3.39. The second-order valence-electron chi connectivity index (χ2n) is 6.21. The minimum Gasteiger partial charge on any atom is -0.342 e. The van der Waals surface area contributed by atoms with Crippen molar-refractivity contribution < 1.29 is 4.79 Å². The fourth-order valence-corrected chi connectivity index (χ4v) is 2.62. The van der Waals surface area contributed by atoms with Crippen molar-refractivity contribution in [3.05, 3.63) is 0 Å². The highest BCUT2D eigenvalue weighted by Gasteiger charge is 2.38. The summed E-state index contributed by atoms with van der Waals surface area (Å²) in [6.07, 6.45) is 0.680. The van der Waals surface area contributed by atoms with Crippen LogP contribution >= 0.6 is 0 Å². The van der Waals surface area contributed by atoms with Crippen molar-refractivity contribution in [3.8, 4) is 0 Å². The number of amides is 1. The first-order chi connectivity index (χ1) is 6.96. The molecule has 1 N–H and O–H groups in total. The predicted octanol–water partition coefficient (Wildman–Crippen LogP) is 1.10. The maximum absolute atomic E-state index is 12.0. The van der Waals surface area contributed by atoms with Crippen LogP contribution in [0.3, 0.4) is 0 Å². The molecule has 86 valence electrons. The van der Waals surface area contributed by atoms with Gasteiger partial charge >= 0.3 is 0 Å². The molecule has 0 aromatic rings. The van der Waals surface area contributed by atoms with E-state index in [2.05, 4.69) is 31.0 Å². The van der Waals surface area contributed by atoms with Gasteiger partial charge in [0.2, 0.25) is 5.91 Å². The fraction of sp³-hybridized carbons (Fsp3) is 0.917. The average molecular weight is 210 g/mol. The molecule has 0 saturated carbocycles. The molecule has 2 aliphatic heterocycles. The van der Waals surface area contributed by atoms with E-state index in [-0.39, 0.29) is 5.41 Å². The van der Waals surface area contributed by atoms with Crippen LogP contribution in [0.15, 0.2) is 0 Å². The van der Waals surface area contributed by atoms with Gasteiger partial charge in [-0.05, 0) is 17.3 Å². The Kier molecular flexibility index (Phi) is 2.75. The molecule has 1 amide bonds. The van der Waals surface area contributed by atoms with Gasteiger partial charge in [-0.1, -0.05) is 20.8 Å². The number of hydrogen-bond acceptors (Lipinski definition) is 2. The lowest BCUT2D eigenvalue weighted by molar-refractivity contribution is -0.132. The van der Waals surface area contributed by atoms with Gasteiger partial charge in [0.25, 0.3) is 0 Å². The fourth-order valence-electron chi connectivity index (χ4n) is 2.62. The molecule has 2 aliphatic rings. The highest BCUT2D eigenvalue weighted by Crippen LogP contribution is 2.28. The van der Waals surface area contributed by atoms with Crippen LogP contribution in [-0.4, -0.2) is 37.0 Å². The number of hydrogen-bond donors (Lipinski definition) is 1. The first-order valence-corrected chi connectivity index (χ1v) is 5.94. The molecule has 15 heavy (non-hydrogen) atoms. The van der Waals surface area contributed by atoms with E-state index in [4.69, 9.17) is 0 Å². The monoisotopic (exact) mass is 210 g/mol. The minimum atomic E-state index is 0.118. The molecule has 3 nitrogen and oxygen atoms in total. The molecule has 3 heteroatoms. The Labute approximate surface area is 92.2 Å². The van der Waals surface area contributed by atoms with Crippen LogP contribution in [0, 0.1) is 17.3 Å². The van der Waals surface area contributed by atoms with Crippen molar-refractivity contribution in [1.82, 2.24) is 10.2 Å². The molecule has 0 aromatic carbocycles. The normalized spacial score (nSPS) is 30.7. The van der Waals surface area contributed by atoms with Gasteiger partial charge in [0.15, 0.2) is 0 Å². The Hall–Kier alpha value is -0.570. The molecule has 0 aliphatic carbocycles. The maximum Gasteiger partial charge on any atom is 0.223 e. The number of carbonyl (C=O) groups is 1. The van der Waals surface area contributed by atoms with Crippen LogP contribution < -0.4 is 5.32 Å². The third kappa shape index (κ3) is 2.51. The molecule has 2 atom stereocenters. The van der Waals surface area contributed by atoms with Crippen LogP contribution in [-0.2, 0) is 4.79 Å². The molecular formula is C12H22N2O. The van der Waals surface area contributed by atoms with Gasteiger partial charge in [-0.15, -0.1) is 0 Å². The summed E-state index contributed by atoms with van der Waals surface area (Å²) in [6, 6.07) is 0. The zero-order valence-corrected chi connectivity index (χ0v) is 10.0. The number of likely N-dealkylation sites (tertiary alicyclic amines) is 1. The maximum atomic E-state index is 12.0. The summed E-state index contributed by atoms with van der Waals surface area (Å²) in [5.41, 5.74) is 0.118. The van der Waals surface area contributed by atoms with Crippen molar-refractivity contribution in [3.63, 3.8) is 0 Å². The molecule has 0 radical (unpaired) electrons. The van der Waals surface area contributed by atoms with Gasteiger partial charge in [-0.3, -0.25) is 4.79 Å². The van der Waals surface area contributed by atoms with E-state index in [9.17, 15) is 4.79 Å². The lowest BCUT2D eigenvalue weighted by Gasteiger charge is -2.23. The van der Waals surface area contributed by atoms with Crippen LogP contribution in [0.5, 0.6) is 0 Å². The van der Waals surface area contributed by atoms with E-state index < -0.39 is 0 Å². The van der Waals surface area contributed by atoms with Crippen LogP contribution in [0.1, 0.15) is 27.2 Å². The summed E-state index contributed by atoms with van der Waals surface area (Å²) in [6.45, 7) is 10.5. The van der Waals surface area contributed by atoms with Crippen molar-refractivity contribution in [2.45, 2.75) is 27.2 Å². The molecule has 2 unspecified atom stereocenters. The summed E-state index contributed by atoms with van der Waals surface area (Å²) >= 11 is 0. The highest BCUT2D eigenvalue weighted by molar-refractivity contribution is 5.77. The Morgan fingerprint density at radius 1 is 1.27 bits per heavy atom. The summed E-state index contributed by atoms with van der Waals surface area (Å²) in [4.78, 5) is 14.1. The zero-order chi connectivity index (χ0) is 11.1. The molecule has 2 rings (SSSR count). The van der Waals surface area contributed by atoms with Crippen LogP contribution in [0.4, 0.5) is 0 Å². The summed E-state index contributed by atoms with van der Waals surface area (Å²) in [7, 11) is 0. The van der Waals surface area contributed by atoms with Gasteiger partial charge in [0, 0.05) is 32.6 Å². The second kappa shape index (κ2) is 3.78. The summed E-state index contributed by atoms with van der Waals surface area (Å²) < 4.78 is 0. The van der Waals surface area contributed by atoms with Crippen molar-refractivity contribution in [1.29, 1.82) is 0 Å². The first kappa shape index (κ1) is 10.9. The molecule has 0 aromatic heterocycles. The zero-order valence-electron chi connectivity index (χ0n) is 10.0. The van der Waals surface area contributed by atoms with Crippen LogP contribution in [0.2, 0.25) is 0 Å². The SMILES string of the molecule is CC(C)(C)CC(=O)N1CC2CNCC2C1. The van der Waals surface area contributed by atoms with Gasteiger partial charge in [0.1, 0.15) is 0 Å². The van der Waals surface area contributed by atoms with Crippen molar-refractivity contribution in [2.75, 3.05) is 26.2 Å². The largest absolute Gasteiger partial charge is 0.342 e. The molecule has 0 bridgehead atoms. The van der Waals surface area contributed by atoms with E-state index in [0.29, 0.717) is 24.2 Å². The van der Waals surface area contributed by atoms with E-state index >= 15 is 0 Å². The predicted molar refractivity (Wildman–Crippen MR) is 60.5 cm³/mol. The van der Waals surface area contributed by atoms with Gasteiger partial charge in [0.05, 0.1) is 0 Å². The topological polar surface area (TPSA) is 32.3 Å². The number of nitrogens with one attached hydrogen (secondary N) is 1. The Morgan fingerprint density at radius 2 is 1.80 bits per heavy atom. The van der Waals surface area contributed by atoms with Gasteiger partial charge in [-0.25, -0.2) is 0 Å². The number of nitrogens with zero attached hydrogens (tertiary/aromatic N) is 1. The molecule has 2 fully saturated rings. The standard InChI is InChI=1S/C12H22N2O/c1-12(2,3)4-11(15)14-7-9-5-13-6-10(9)8-14/h9-10,13H,4-8H2,1-3H3. The first-order valence-electron chi connectivity index (χ1n) is 5.94. The van der Waals surface area contributed by atoms with E-state index in [1.807, 2.05) is 0 Å². The smallest absolute Gasteiger partial charge is 0.223 e. The lowest BCUT2D eigenvalue weighted by Crippen LogP contribution is -2.34. The van der Waals surface area contributed by atoms with E-state index in [0.717, 1.165) is 26.2 Å². The van der Waals surface area contributed by atoms with Crippen LogP contribution in [0.25, 0.3) is 0 Å². The Bertz CT molecular complexity index is 245.